The number of alkyl halides is 1. The summed E-state index contributed by atoms with van der Waals surface area (Å²) in [6, 6.07) is 0. The van der Waals surface area contributed by atoms with Gasteiger partial charge in [0.1, 0.15) is 24.1 Å². The molecule has 0 amide bonds. The fourth-order valence-electron chi connectivity index (χ4n) is 4.89. The summed E-state index contributed by atoms with van der Waals surface area (Å²) >= 11 is 10.6. The van der Waals surface area contributed by atoms with Gasteiger partial charge in [0.05, 0.1) is 19.0 Å². The summed E-state index contributed by atoms with van der Waals surface area (Å²) in [5.41, 5.74) is 7.84. The largest absolute Gasteiger partial charge is 0.414 e. The number of imidazole rings is 1. The zero-order chi connectivity index (χ0) is 29.6. The molecule has 1 aliphatic carbocycles. The molecule has 1 saturated carbocycles. The van der Waals surface area contributed by atoms with Gasteiger partial charge in [-0.05, 0) is 69.0 Å². The first-order chi connectivity index (χ1) is 18.5. The molecule has 2 aromatic heterocycles. The molecule has 224 valence electrons. The number of hydrogen-bond donors (Lipinski definition) is 2. The first-order valence-corrected chi connectivity index (χ1v) is 19.4. The number of allylic oxidation sites excluding steroid dienone is 1. The minimum absolute atomic E-state index is 0.0284. The lowest BCUT2D eigenvalue weighted by Crippen LogP contribution is -2.44. The van der Waals surface area contributed by atoms with Crippen molar-refractivity contribution in [2.24, 2.45) is 5.92 Å². The lowest BCUT2D eigenvalue weighted by Gasteiger charge is -2.41. The highest BCUT2D eigenvalue weighted by Crippen LogP contribution is 2.47. The van der Waals surface area contributed by atoms with Crippen LogP contribution < -0.4 is 5.73 Å². The van der Waals surface area contributed by atoms with E-state index in [0.717, 1.165) is 24.8 Å². The van der Waals surface area contributed by atoms with Crippen LogP contribution in [0.2, 0.25) is 18.1 Å². The zero-order valence-corrected chi connectivity index (χ0v) is 28.1. The number of nitrogens with zero attached hydrogens (tertiary/aromatic N) is 4. The van der Waals surface area contributed by atoms with Crippen molar-refractivity contribution in [3.63, 3.8) is 0 Å². The quantitative estimate of drug-likeness (QED) is 0.149. The standard InChI is InChI=1S/C26H43FN5O4PS2Si/c1-15(2)16-9-10-26(6,38)18(11-16)35-37(39)36-21-17(12-33-40(7,8)25(3,4)5)34-24(19(21)27)32-14-31-20-22(28)29-13-30-23(20)32/h13-14,16-19,21,24,37-38H,1,9-12H2,2-8H3,(H2,28,29,30)/t16-,17+,18+,19+,21+,24+,26+/m0/s1. The third kappa shape index (κ3) is 6.67. The molecule has 0 aromatic carbocycles. The second-order valence-corrected chi connectivity index (χ2v) is 20.6. The van der Waals surface area contributed by atoms with Gasteiger partial charge in [0.25, 0.3) is 0 Å². The number of fused-ring (bicyclic) bond motifs is 1. The molecular weight excluding hydrogens is 589 g/mol. The summed E-state index contributed by atoms with van der Waals surface area (Å²) in [6.45, 7) is 19.1. The van der Waals surface area contributed by atoms with Gasteiger partial charge < -0.3 is 23.9 Å². The molecule has 8 atom stereocenters. The Balaban J connectivity index is 1.56. The highest BCUT2D eigenvalue weighted by Gasteiger charge is 2.50. The van der Waals surface area contributed by atoms with Crippen LogP contribution in [0.4, 0.5) is 10.2 Å². The van der Waals surface area contributed by atoms with Crippen LogP contribution in [0.25, 0.3) is 11.2 Å². The van der Waals surface area contributed by atoms with E-state index >= 15 is 4.39 Å². The van der Waals surface area contributed by atoms with Crippen molar-refractivity contribution >= 4 is 56.9 Å². The number of anilines is 1. The van der Waals surface area contributed by atoms with Gasteiger partial charge in [0.2, 0.25) is 0 Å². The van der Waals surface area contributed by atoms with Crippen molar-refractivity contribution in [3.8, 4) is 0 Å². The van der Waals surface area contributed by atoms with Crippen molar-refractivity contribution in [2.75, 3.05) is 12.3 Å². The Morgan fingerprint density at radius 1 is 1.35 bits per heavy atom. The molecular formula is C26H43FN5O4PS2Si. The summed E-state index contributed by atoms with van der Waals surface area (Å²) in [4.78, 5) is 12.5. The van der Waals surface area contributed by atoms with E-state index < -0.39 is 40.1 Å². The number of aromatic nitrogens is 4. The van der Waals surface area contributed by atoms with Crippen molar-refractivity contribution in [3.05, 3.63) is 24.8 Å². The predicted molar refractivity (Wildman–Crippen MR) is 167 cm³/mol. The Morgan fingerprint density at radius 3 is 2.70 bits per heavy atom. The number of nitrogen functional groups attached to an aromatic ring is 1. The minimum atomic E-state index is -2.31. The van der Waals surface area contributed by atoms with E-state index in [-0.39, 0.29) is 28.3 Å². The van der Waals surface area contributed by atoms with Crippen molar-refractivity contribution in [2.45, 2.75) is 107 Å². The van der Waals surface area contributed by atoms with Crippen LogP contribution in [0.1, 0.15) is 60.1 Å². The van der Waals surface area contributed by atoms with Crippen LogP contribution in [0, 0.1) is 5.92 Å². The van der Waals surface area contributed by atoms with Crippen LogP contribution in [0.5, 0.6) is 0 Å². The average Bonchev–Trinajstić information content (AvgIpc) is 3.40. The van der Waals surface area contributed by atoms with Crippen LogP contribution in [-0.2, 0) is 30.0 Å². The Labute approximate surface area is 248 Å². The van der Waals surface area contributed by atoms with Crippen LogP contribution >= 0.6 is 19.8 Å². The lowest BCUT2D eigenvalue weighted by molar-refractivity contribution is -0.0414. The van der Waals surface area contributed by atoms with E-state index in [1.807, 2.05) is 6.92 Å². The van der Waals surface area contributed by atoms with Crippen LogP contribution in [0.15, 0.2) is 24.8 Å². The fraction of sp³-hybridized carbons (Fsp3) is 0.731. The molecule has 1 saturated heterocycles. The average molecular weight is 632 g/mol. The molecule has 2 aromatic rings. The van der Waals surface area contributed by atoms with Gasteiger partial charge in [-0.1, -0.05) is 32.9 Å². The molecule has 2 N–H and O–H groups in total. The highest BCUT2D eigenvalue weighted by atomic mass is 32.4. The van der Waals surface area contributed by atoms with E-state index in [4.69, 9.17) is 48.4 Å². The number of ether oxygens (including phenoxy) is 1. The summed E-state index contributed by atoms with van der Waals surface area (Å²) in [5, 5.41) is -0.0284. The van der Waals surface area contributed by atoms with Gasteiger partial charge in [0.15, 0.2) is 39.3 Å². The van der Waals surface area contributed by atoms with Gasteiger partial charge in [-0.2, -0.15) is 12.6 Å². The van der Waals surface area contributed by atoms with Gasteiger partial charge in [-0.25, -0.2) is 19.3 Å². The molecule has 1 unspecified atom stereocenters. The Hall–Kier alpha value is -0.923. The Morgan fingerprint density at radius 2 is 2.05 bits per heavy atom. The molecule has 1 aliphatic heterocycles. The maximum absolute atomic E-state index is 16.3. The molecule has 0 bridgehead atoms. The number of nitrogens with two attached hydrogens (primary N) is 1. The Bertz CT molecular complexity index is 1260. The molecule has 14 heteroatoms. The number of rotatable bonds is 9. The summed E-state index contributed by atoms with van der Waals surface area (Å²) in [6.07, 6.45) is 0.830. The molecule has 4 rings (SSSR count). The number of halogens is 1. The molecule has 3 heterocycles. The zero-order valence-electron chi connectivity index (χ0n) is 24.4. The van der Waals surface area contributed by atoms with E-state index in [2.05, 4.69) is 62.3 Å². The van der Waals surface area contributed by atoms with E-state index in [9.17, 15) is 0 Å². The molecule has 40 heavy (non-hydrogen) atoms. The number of thiol groups is 1. The van der Waals surface area contributed by atoms with E-state index in [0.29, 0.717) is 17.1 Å². The van der Waals surface area contributed by atoms with Crippen LogP contribution in [0.3, 0.4) is 0 Å². The third-order valence-electron chi connectivity index (χ3n) is 8.70. The summed E-state index contributed by atoms with van der Waals surface area (Å²) in [7, 11) is -4.46. The predicted octanol–water partition coefficient (Wildman–Crippen LogP) is 6.01. The molecule has 2 fully saturated rings. The number of hydrogen-bond acceptors (Lipinski definition) is 10. The van der Waals surface area contributed by atoms with Crippen molar-refractivity contribution < 1.29 is 22.6 Å². The minimum Gasteiger partial charge on any atom is -0.414 e. The molecule has 9 nitrogen and oxygen atoms in total. The summed E-state index contributed by atoms with van der Waals surface area (Å²) < 4.78 is 42.7. The van der Waals surface area contributed by atoms with Crippen LogP contribution in [-0.4, -0.2) is 63.7 Å². The summed E-state index contributed by atoms with van der Waals surface area (Å²) in [5.74, 6) is 0.542. The van der Waals surface area contributed by atoms with E-state index in [1.54, 1.807) is 0 Å². The smallest absolute Gasteiger partial charge is 0.192 e. The maximum atomic E-state index is 16.3. The second-order valence-electron chi connectivity index (χ2n) is 12.8. The lowest BCUT2D eigenvalue weighted by atomic mass is 9.77. The molecule has 2 aliphatic rings. The van der Waals surface area contributed by atoms with Gasteiger partial charge in [-0.15, -0.1) is 0 Å². The maximum Gasteiger partial charge on any atom is 0.192 e. The topological polar surface area (TPSA) is 107 Å². The van der Waals surface area contributed by atoms with Gasteiger partial charge >= 0.3 is 0 Å². The van der Waals surface area contributed by atoms with Gasteiger partial charge in [-0.3, -0.25) is 4.57 Å². The van der Waals surface area contributed by atoms with E-state index in [1.165, 1.54) is 17.2 Å². The molecule has 0 spiro atoms. The van der Waals surface area contributed by atoms with Gasteiger partial charge in [0, 0.05) is 4.75 Å². The normalized spacial score (nSPS) is 32.4. The SMILES string of the molecule is C=C(C)[C@H]1CC[C@@](C)(S)[C@H](O[PH](=S)O[C@H]2[C@@H](F)[C@H](n3cnc4c(N)ncnc43)O[C@@H]2CO[Si](C)(C)C(C)(C)C)C1. The Kier molecular flexibility index (Phi) is 9.59. The van der Waals surface area contributed by atoms with Crippen molar-refractivity contribution in [1.29, 1.82) is 0 Å². The van der Waals surface area contributed by atoms with Crippen molar-refractivity contribution in [1.82, 2.24) is 19.5 Å². The monoisotopic (exact) mass is 631 g/mol. The first-order valence-electron chi connectivity index (χ1n) is 13.6. The second kappa shape index (κ2) is 12.0. The fourth-order valence-corrected chi connectivity index (χ4v) is 8.12. The first kappa shape index (κ1) is 32.0. The highest BCUT2D eigenvalue weighted by molar-refractivity contribution is 8.00. The molecule has 0 radical (unpaired) electrons. The third-order valence-corrected chi connectivity index (χ3v) is 15.2.